The molecule has 3 heteroatoms. The summed E-state index contributed by atoms with van der Waals surface area (Å²) < 4.78 is 0. The van der Waals surface area contributed by atoms with Gasteiger partial charge in [0.2, 0.25) is 0 Å². The van der Waals surface area contributed by atoms with E-state index >= 15 is 0 Å². The van der Waals surface area contributed by atoms with E-state index in [1.165, 1.54) is 43.5 Å². The smallest absolute Gasteiger partial charge is 0.262 e. The number of allylic oxidation sites excluding steroid dienone is 8. The van der Waals surface area contributed by atoms with Gasteiger partial charge in [0.05, 0.1) is 11.1 Å². The van der Waals surface area contributed by atoms with E-state index in [4.69, 9.17) is 0 Å². The van der Waals surface area contributed by atoms with Gasteiger partial charge in [0, 0.05) is 22.4 Å². The molecule has 0 fully saturated rings. The molecular formula is C50H45NO2. The van der Waals surface area contributed by atoms with Gasteiger partial charge in [-0.15, -0.1) is 0 Å². The van der Waals surface area contributed by atoms with E-state index in [0.717, 1.165) is 38.9 Å². The third kappa shape index (κ3) is 4.72. The molecule has 3 aliphatic carbocycles. The number of rotatable bonds is 3. The molecule has 5 aromatic rings. The maximum atomic E-state index is 15.0. The second-order valence-corrected chi connectivity index (χ2v) is 17.5. The molecule has 0 bridgehead atoms. The Morgan fingerprint density at radius 2 is 1.21 bits per heavy atom. The summed E-state index contributed by atoms with van der Waals surface area (Å²) in [5.41, 5.74) is 13.0. The summed E-state index contributed by atoms with van der Waals surface area (Å²) in [5.74, 6) is -0.507. The van der Waals surface area contributed by atoms with Crippen LogP contribution in [0, 0.1) is 12.3 Å². The zero-order chi connectivity index (χ0) is 37.2. The van der Waals surface area contributed by atoms with Gasteiger partial charge in [-0.25, -0.2) is 0 Å². The van der Waals surface area contributed by atoms with Gasteiger partial charge in [0.25, 0.3) is 11.8 Å². The molecule has 3 nitrogen and oxygen atoms in total. The third-order valence-corrected chi connectivity index (χ3v) is 12.1. The number of hydrogen-bond donors (Lipinski definition) is 0. The van der Waals surface area contributed by atoms with Gasteiger partial charge in [-0.3, -0.25) is 14.5 Å². The highest BCUT2D eigenvalue weighted by Gasteiger charge is 2.56. The minimum absolute atomic E-state index is 0.0313. The van der Waals surface area contributed by atoms with E-state index in [-0.39, 0.29) is 23.1 Å². The molecule has 0 N–H and O–H groups in total. The first-order chi connectivity index (χ1) is 25.2. The van der Waals surface area contributed by atoms with Gasteiger partial charge >= 0.3 is 0 Å². The van der Waals surface area contributed by atoms with Crippen molar-refractivity contribution in [2.75, 3.05) is 0 Å². The maximum absolute atomic E-state index is 15.0. The van der Waals surface area contributed by atoms with E-state index in [2.05, 4.69) is 156 Å². The molecule has 262 valence electrons. The minimum Gasteiger partial charge on any atom is -0.269 e. The first-order valence-corrected chi connectivity index (χ1v) is 18.8. The van der Waals surface area contributed by atoms with Crippen LogP contribution in [0.3, 0.4) is 0 Å². The SMILES string of the molecule is Cc1ccc(-c2c3c(c(-c4ccc(C(C)(C)C)cc4)c4c2C2=CC=C(c5ccc6ccccc6c5)C5=CC=CC4C52C)C(=O)N(C(C)(C)C)C3=O)cc1. The summed E-state index contributed by atoms with van der Waals surface area (Å²) in [6, 6.07) is 32.4. The fourth-order valence-electron chi connectivity index (χ4n) is 9.40. The average molecular weight is 692 g/mol. The monoisotopic (exact) mass is 691 g/mol. The van der Waals surface area contributed by atoms with Crippen LogP contribution in [0.1, 0.15) is 103 Å². The summed E-state index contributed by atoms with van der Waals surface area (Å²) in [4.78, 5) is 31.4. The largest absolute Gasteiger partial charge is 0.269 e. The number of fused-ring (bicyclic) bond motifs is 5. The minimum atomic E-state index is -0.702. The lowest BCUT2D eigenvalue weighted by molar-refractivity contribution is 0.0508. The van der Waals surface area contributed by atoms with Crippen molar-refractivity contribution < 1.29 is 9.59 Å². The Balaban J connectivity index is 1.40. The van der Waals surface area contributed by atoms with Crippen molar-refractivity contribution in [2.24, 2.45) is 5.41 Å². The quantitative estimate of drug-likeness (QED) is 0.177. The first-order valence-electron chi connectivity index (χ1n) is 18.8. The van der Waals surface area contributed by atoms with Crippen molar-refractivity contribution in [3.8, 4) is 22.3 Å². The van der Waals surface area contributed by atoms with Gasteiger partial charge in [0.1, 0.15) is 0 Å². The summed E-state index contributed by atoms with van der Waals surface area (Å²) in [7, 11) is 0. The molecule has 0 aromatic heterocycles. The third-order valence-electron chi connectivity index (χ3n) is 12.1. The summed E-state index contributed by atoms with van der Waals surface area (Å²) in [6.07, 6.45) is 11.4. The van der Waals surface area contributed by atoms with E-state index in [0.29, 0.717) is 11.1 Å². The molecule has 0 saturated heterocycles. The lowest BCUT2D eigenvalue weighted by atomic mass is 9.62. The lowest BCUT2D eigenvalue weighted by Gasteiger charge is -2.40. The zero-order valence-corrected chi connectivity index (χ0v) is 31.9. The van der Waals surface area contributed by atoms with Gasteiger partial charge < -0.3 is 0 Å². The Kier molecular flexibility index (Phi) is 7.06. The molecule has 0 saturated carbocycles. The van der Waals surface area contributed by atoms with Crippen LogP contribution in [-0.2, 0) is 5.41 Å². The standard InChI is InChI=1S/C50H45NO2/c1-29-16-18-31(19-17-29)40-43-39-27-26-36(34-21-20-30-12-9-10-13-33(30)28-34)37-14-11-15-38(50(37,39)8)42(43)41(32-22-24-35(25-23-32)48(2,3)4)45-44(40)46(52)51(47(45)53)49(5,6)7/h9-28,38H,1-8H3. The fraction of sp³-hybridized carbons (Fsp3) is 0.240. The molecule has 4 aliphatic rings. The summed E-state index contributed by atoms with van der Waals surface area (Å²) >= 11 is 0. The molecule has 0 radical (unpaired) electrons. The van der Waals surface area contributed by atoms with Crippen molar-refractivity contribution in [3.63, 3.8) is 0 Å². The summed E-state index contributed by atoms with van der Waals surface area (Å²) in [5, 5.41) is 2.43. The van der Waals surface area contributed by atoms with Crippen LogP contribution in [-0.4, -0.2) is 22.3 Å². The number of carbonyl (C=O) groups is 2. The van der Waals surface area contributed by atoms with Crippen LogP contribution >= 0.6 is 0 Å². The normalized spacial score (nSPS) is 20.3. The van der Waals surface area contributed by atoms with Crippen LogP contribution in [0.15, 0.2) is 127 Å². The van der Waals surface area contributed by atoms with Gasteiger partial charge in [0.15, 0.2) is 0 Å². The zero-order valence-electron chi connectivity index (χ0n) is 31.9. The highest BCUT2D eigenvalue weighted by Crippen LogP contribution is 2.68. The fourth-order valence-corrected chi connectivity index (χ4v) is 9.40. The predicted molar refractivity (Wildman–Crippen MR) is 219 cm³/mol. The average Bonchev–Trinajstić information content (AvgIpc) is 3.54. The number of aryl methyl sites for hydroxylation is 1. The Labute approximate surface area is 313 Å². The number of hydrogen-bond acceptors (Lipinski definition) is 2. The maximum Gasteiger partial charge on any atom is 0.262 e. The van der Waals surface area contributed by atoms with Crippen molar-refractivity contribution >= 4 is 33.7 Å². The van der Waals surface area contributed by atoms with Gasteiger partial charge in [-0.1, -0.05) is 149 Å². The topological polar surface area (TPSA) is 37.4 Å². The molecule has 5 aromatic carbocycles. The molecule has 9 rings (SSSR count). The second kappa shape index (κ2) is 11.2. The van der Waals surface area contributed by atoms with Crippen molar-refractivity contribution in [1.29, 1.82) is 0 Å². The number of benzene rings is 5. The van der Waals surface area contributed by atoms with E-state index in [1.54, 1.807) is 0 Å². The van der Waals surface area contributed by atoms with Crippen LogP contribution in [0.4, 0.5) is 0 Å². The Morgan fingerprint density at radius 1 is 0.604 bits per heavy atom. The van der Waals surface area contributed by atoms with Crippen molar-refractivity contribution in [3.05, 3.63) is 166 Å². The molecule has 53 heavy (non-hydrogen) atoms. The molecule has 2 unspecified atom stereocenters. The Hall–Kier alpha value is -5.54. The van der Waals surface area contributed by atoms with Crippen LogP contribution < -0.4 is 0 Å². The van der Waals surface area contributed by atoms with E-state index in [9.17, 15) is 9.59 Å². The van der Waals surface area contributed by atoms with Crippen molar-refractivity contribution in [1.82, 2.24) is 4.90 Å². The molecule has 2 amide bonds. The molecule has 1 heterocycles. The number of carbonyl (C=O) groups excluding carboxylic acids is 2. The van der Waals surface area contributed by atoms with E-state index in [1.807, 2.05) is 20.8 Å². The number of amides is 2. The Bertz CT molecular complexity index is 2560. The highest BCUT2D eigenvalue weighted by molar-refractivity contribution is 6.29. The van der Waals surface area contributed by atoms with Gasteiger partial charge in [-0.05, 0) is 106 Å². The lowest BCUT2D eigenvalue weighted by Crippen LogP contribution is -2.45. The number of nitrogens with zero attached hydrogens (tertiary/aromatic N) is 1. The first kappa shape index (κ1) is 33.3. The predicted octanol–water partition coefficient (Wildman–Crippen LogP) is 12.3. The second-order valence-electron chi connectivity index (χ2n) is 17.5. The Morgan fingerprint density at radius 3 is 1.87 bits per heavy atom. The molecule has 2 atom stereocenters. The molecule has 0 spiro atoms. The van der Waals surface area contributed by atoms with Crippen LogP contribution in [0.5, 0.6) is 0 Å². The highest BCUT2D eigenvalue weighted by atomic mass is 16.2. The molecular weight excluding hydrogens is 647 g/mol. The van der Waals surface area contributed by atoms with E-state index < -0.39 is 11.0 Å². The van der Waals surface area contributed by atoms with Crippen molar-refractivity contribution in [2.45, 2.75) is 72.3 Å². The number of imide groups is 1. The van der Waals surface area contributed by atoms with Crippen LogP contribution in [0.2, 0.25) is 0 Å². The summed E-state index contributed by atoms with van der Waals surface area (Å²) in [6.45, 7) is 17.0. The molecule has 1 aliphatic heterocycles. The van der Waals surface area contributed by atoms with Crippen LogP contribution in [0.25, 0.3) is 44.2 Å². The van der Waals surface area contributed by atoms with Gasteiger partial charge in [-0.2, -0.15) is 0 Å².